The highest BCUT2D eigenvalue weighted by atomic mass is 35.5. The third-order valence-corrected chi connectivity index (χ3v) is 5.98. The molecule has 1 atom stereocenters. The van der Waals surface area contributed by atoms with Crippen LogP contribution in [0.15, 0.2) is 40.0 Å². The number of nitro groups is 1. The minimum Gasteiger partial charge on any atom is -0.445 e. The number of aryl methyl sites for hydroxylation is 1. The zero-order valence-electron chi connectivity index (χ0n) is 15.5. The number of thiophene rings is 1. The SMILES string of the molecule is CC(=O)N1N=C(c2c(-c3c(Cl)cccc3Cl)noc2C)O[C@@H]1c1ccc([N+](=O)[O-])s1. The summed E-state index contributed by atoms with van der Waals surface area (Å²) in [5, 5.41) is 21.1. The van der Waals surface area contributed by atoms with E-state index in [1.165, 1.54) is 19.1 Å². The largest absolute Gasteiger partial charge is 0.445 e. The number of hydrogen-bond donors (Lipinski definition) is 0. The molecule has 30 heavy (non-hydrogen) atoms. The number of hydrogen-bond acceptors (Lipinski definition) is 8. The number of benzene rings is 1. The van der Waals surface area contributed by atoms with Crippen molar-refractivity contribution in [3.05, 3.63) is 66.7 Å². The number of carbonyl (C=O) groups excluding carboxylic acids is 1. The molecule has 9 nitrogen and oxygen atoms in total. The lowest BCUT2D eigenvalue weighted by Gasteiger charge is -2.17. The van der Waals surface area contributed by atoms with Gasteiger partial charge in [0.2, 0.25) is 18.0 Å². The van der Waals surface area contributed by atoms with Gasteiger partial charge in [-0.25, -0.2) is 0 Å². The summed E-state index contributed by atoms with van der Waals surface area (Å²) in [6.07, 6.45) is -0.958. The van der Waals surface area contributed by atoms with Crippen LogP contribution in [0.5, 0.6) is 0 Å². The molecule has 0 bridgehead atoms. The third-order valence-electron chi connectivity index (χ3n) is 4.28. The number of aromatic nitrogens is 1. The van der Waals surface area contributed by atoms with Gasteiger partial charge >= 0.3 is 5.00 Å². The van der Waals surface area contributed by atoms with Crippen LogP contribution in [-0.2, 0) is 9.53 Å². The molecule has 0 radical (unpaired) electrons. The number of rotatable bonds is 4. The van der Waals surface area contributed by atoms with Crippen molar-refractivity contribution in [2.45, 2.75) is 20.1 Å². The van der Waals surface area contributed by atoms with E-state index in [-0.39, 0.29) is 10.9 Å². The average molecular weight is 467 g/mol. The monoisotopic (exact) mass is 466 g/mol. The van der Waals surface area contributed by atoms with Gasteiger partial charge < -0.3 is 9.26 Å². The van der Waals surface area contributed by atoms with Gasteiger partial charge in [-0.1, -0.05) is 45.8 Å². The number of amides is 1. The molecule has 0 spiro atoms. The van der Waals surface area contributed by atoms with Gasteiger partial charge in [-0.3, -0.25) is 14.9 Å². The summed E-state index contributed by atoms with van der Waals surface area (Å²) in [6, 6.07) is 7.88. The van der Waals surface area contributed by atoms with Gasteiger partial charge in [-0.05, 0) is 25.1 Å². The van der Waals surface area contributed by atoms with Gasteiger partial charge in [0.25, 0.3) is 0 Å². The fourth-order valence-corrected chi connectivity index (χ4v) is 4.36. The summed E-state index contributed by atoms with van der Waals surface area (Å²) in [6.45, 7) is 2.97. The van der Waals surface area contributed by atoms with E-state index in [0.717, 1.165) is 16.3 Å². The predicted octanol–water partition coefficient (Wildman–Crippen LogP) is 5.17. The van der Waals surface area contributed by atoms with Crippen molar-refractivity contribution in [1.82, 2.24) is 10.2 Å². The van der Waals surface area contributed by atoms with Gasteiger partial charge in [-0.2, -0.15) is 5.01 Å². The van der Waals surface area contributed by atoms with Crippen LogP contribution in [0.25, 0.3) is 11.3 Å². The first-order valence-electron chi connectivity index (χ1n) is 8.48. The molecule has 154 valence electrons. The van der Waals surface area contributed by atoms with E-state index in [9.17, 15) is 14.9 Å². The quantitative estimate of drug-likeness (QED) is 0.387. The lowest BCUT2D eigenvalue weighted by atomic mass is 10.1. The van der Waals surface area contributed by atoms with Crippen LogP contribution < -0.4 is 0 Å². The number of carbonyl (C=O) groups is 1. The topological polar surface area (TPSA) is 111 Å². The maximum absolute atomic E-state index is 12.2. The van der Waals surface area contributed by atoms with Crippen LogP contribution in [0.2, 0.25) is 10.0 Å². The standard InChI is InChI=1S/C18H12Cl2N4O5S/c1-8-14(16(22-29-8)15-10(19)4-3-5-11(15)20)17-21-23(9(2)25)18(28-17)12-6-7-13(30-12)24(26)27/h3-7,18H,1-2H3/t18-/m1/s1. The van der Waals surface area contributed by atoms with E-state index in [0.29, 0.717) is 37.5 Å². The molecule has 0 saturated carbocycles. The molecule has 3 heterocycles. The Morgan fingerprint density at radius 2 is 1.93 bits per heavy atom. The highest BCUT2D eigenvalue weighted by Gasteiger charge is 2.38. The van der Waals surface area contributed by atoms with E-state index >= 15 is 0 Å². The highest BCUT2D eigenvalue weighted by Crippen LogP contribution is 2.41. The molecule has 1 amide bonds. The predicted molar refractivity (Wildman–Crippen MR) is 111 cm³/mol. The van der Waals surface area contributed by atoms with Crippen molar-refractivity contribution in [1.29, 1.82) is 0 Å². The Morgan fingerprint density at radius 3 is 2.53 bits per heavy atom. The molecular weight excluding hydrogens is 455 g/mol. The minimum atomic E-state index is -0.958. The first kappa shape index (κ1) is 20.3. The van der Waals surface area contributed by atoms with Crippen molar-refractivity contribution in [3.8, 4) is 11.3 Å². The van der Waals surface area contributed by atoms with Gasteiger partial charge in [0.1, 0.15) is 17.0 Å². The summed E-state index contributed by atoms with van der Waals surface area (Å²) < 4.78 is 11.3. The molecule has 0 N–H and O–H groups in total. The lowest BCUT2D eigenvalue weighted by molar-refractivity contribution is -0.380. The van der Waals surface area contributed by atoms with Crippen molar-refractivity contribution < 1.29 is 19.0 Å². The summed E-state index contributed by atoms with van der Waals surface area (Å²) in [5.74, 6) is 0.0366. The number of halogens is 2. The number of hydrazone groups is 1. The minimum absolute atomic E-state index is 0.0657. The van der Waals surface area contributed by atoms with Crippen LogP contribution in [0.3, 0.4) is 0 Å². The Kier molecular flexibility index (Phi) is 5.22. The van der Waals surface area contributed by atoms with E-state index in [1.54, 1.807) is 25.1 Å². The van der Waals surface area contributed by atoms with Crippen LogP contribution in [0, 0.1) is 17.0 Å². The van der Waals surface area contributed by atoms with Gasteiger partial charge in [0.15, 0.2) is 0 Å². The molecule has 0 saturated heterocycles. The Labute approximate surface area is 183 Å². The Bertz CT molecular complexity index is 1180. The second-order valence-electron chi connectivity index (χ2n) is 6.23. The normalized spacial score (nSPS) is 15.8. The van der Waals surface area contributed by atoms with Gasteiger partial charge in [-0.15, -0.1) is 5.10 Å². The van der Waals surface area contributed by atoms with Crippen molar-refractivity contribution in [2.75, 3.05) is 0 Å². The fourth-order valence-electron chi connectivity index (χ4n) is 2.94. The summed E-state index contributed by atoms with van der Waals surface area (Å²) >= 11 is 13.5. The molecule has 2 aromatic heterocycles. The van der Waals surface area contributed by atoms with Crippen molar-refractivity contribution in [3.63, 3.8) is 0 Å². The highest BCUT2D eigenvalue weighted by molar-refractivity contribution is 7.15. The van der Waals surface area contributed by atoms with Crippen LogP contribution in [0.4, 0.5) is 5.00 Å². The maximum Gasteiger partial charge on any atom is 0.324 e. The maximum atomic E-state index is 12.2. The zero-order valence-corrected chi connectivity index (χ0v) is 17.8. The third kappa shape index (κ3) is 3.42. The zero-order chi connectivity index (χ0) is 21.6. The molecule has 1 aliphatic rings. The first-order chi connectivity index (χ1) is 14.3. The summed E-state index contributed by atoms with van der Waals surface area (Å²) in [4.78, 5) is 23.1. The number of ether oxygens (including phenoxy) is 1. The van der Waals surface area contributed by atoms with E-state index in [2.05, 4.69) is 10.3 Å². The first-order valence-corrected chi connectivity index (χ1v) is 10.1. The summed E-state index contributed by atoms with van der Waals surface area (Å²) in [5.41, 5.74) is 1.12. The van der Waals surface area contributed by atoms with Crippen molar-refractivity contribution >= 4 is 51.3 Å². The molecule has 3 aromatic rings. The second-order valence-corrected chi connectivity index (χ2v) is 8.14. The molecule has 0 fully saturated rings. The summed E-state index contributed by atoms with van der Waals surface area (Å²) in [7, 11) is 0. The molecule has 1 aliphatic heterocycles. The molecule has 1 aromatic carbocycles. The van der Waals surface area contributed by atoms with E-state index < -0.39 is 17.1 Å². The van der Waals surface area contributed by atoms with E-state index in [4.69, 9.17) is 32.5 Å². The van der Waals surface area contributed by atoms with Crippen LogP contribution >= 0.6 is 34.5 Å². The molecule has 0 aliphatic carbocycles. The lowest BCUT2D eigenvalue weighted by Crippen LogP contribution is -2.24. The van der Waals surface area contributed by atoms with Gasteiger partial charge in [0.05, 0.1) is 19.8 Å². The van der Waals surface area contributed by atoms with Gasteiger partial charge in [0, 0.05) is 18.6 Å². The second kappa shape index (κ2) is 7.71. The number of nitrogens with zero attached hydrogens (tertiary/aromatic N) is 4. The average Bonchev–Trinajstić information content (AvgIpc) is 3.39. The van der Waals surface area contributed by atoms with Crippen LogP contribution in [0.1, 0.15) is 29.4 Å². The molecular formula is C18H12Cl2N4O5S. The molecule has 0 unspecified atom stereocenters. The Morgan fingerprint density at radius 1 is 1.23 bits per heavy atom. The van der Waals surface area contributed by atoms with Crippen LogP contribution in [-0.4, -0.2) is 26.9 Å². The Balaban J connectivity index is 1.78. The molecule has 12 heteroatoms. The fraction of sp³-hybridized carbons (Fsp3) is 0.167. The van der Waals surface area contributed by atoms with Crippen molar-refractivity contribution in [2.24, 2.45) is 5.10 Å². The Hall–Kier alpha value is -2.95. The van der Waals surface area contributed by atoms with E-state index in [1.807, 2.05) is 0 Å². The smallest absolute Gasteiger partial charge is 0.324 e. The molecule has 4 rings (SSSR count).